The number of amides is 1. The number of benzene rings is 2. The molecule has 23 heavy (non-hydrogen) atoms. The molecule has 2 rings (SSSR count). The highest BCUT2D eigenvalue weighted by Gasteiger charge is 2.23. The predicted octanol–water partition coefficient (Wildman–Crippen LogP) is 3.44. The second-order valence-corrected chi connectivity index (χ2v) is 5.72. The van der Waals surface area contributed by atoms with Gasteiger partial charge in [-0.2, -0.15) is 0 Å². The molecular weight excluding hydrogens is 290 g/mol. The Labute approximate surface area is 137 Å². The lowest BCUT2D eigenvalue weighted by molar-refractivity contribution is -0.118. The molecule has 0 spiro atoms. The normalized spacial score (nSPS) is 12.0. The lowest BCUT2D eigenvalue weighted by Gasteiger charge is -2.21. The Hall–Kier alpha value is -2.33. The first-order chi connectivity index (χ1) is 11.1. The van der Waals surface area contributed by atoms with Crippen molar-refractivity contribution in [2.45, 2.75) is 19.8 Å². The van der Waals surface area contributed by atoms with E-state index in [1.165, 1.54) is 0 Å². The number of aliphatic hydroxyl groups is 1. The Bertz CT molecular complexity index is 608. The standard InChI is InChI=1S/C19H23NO3/c1-14(2)18(15-6-4-3-5-7-15)19(22)20-16-8-10-17(11-9-16)23-13-12-21/h3-11,14,18,21H,12-13H2,1-2H3,(H,20,22). The first kappa shape index (κ1) is 17.0. The molecule has 0 aliphatic rings. The fraction of sp³-hybridized carbons (Fsp3) is 0.316. The highest BCUT2D eigenvalue weighted by molar-refractivity contribution is 5.96. The number of carbonyl (C=O) groups is 1. The SMILES string of the molecule is CC(C)C(C(=O)Nc1ccc(OCCO)cc1)c1ccccc1. The van der Waals surface area contributed by atoms with E-state index in [1.807, 2.05) is 44.2 Å². The van der Waals surface area contributed by atoms with Crippen molar-refractivity contribution in [1.82, 2.24) is 0 Å². The van der Waals surface area contributed by atoms with Crippen molar-refractivity contribution in [3.05, 3.63) is 60.2 Å². The number of carbonyl (C=O) groups excluding carboxylic acids is 1. The van der Waals surface area contributed by atoms with Gasteiger partial charge < -0.3 is 15.2 Å². The van der Waals surface area contributed by atoms with E-state index in [1.54, 1.807) is 24.3 Å². The number of hydrogen-bond donors (Lipinski definition) is 2. The number of rotatable bonds is 7. The number of nitrogens with one attached hydrogen (secondary N) is 1. The molecule has 1 unspecified atom stereocenters. The van der Waals surface area contributed by atoms with Gasteiger partial charge in [0, 0.05) is 5.69 Å². The van der Waals surface area contributed by atoms with Gasteiger partial charge in [0.25, 0.3) is 0 Å². The van der Waals surface area contributed by atoms with Crippen molar-refractivity contribution in [2.24, 2.45) is 5.92 Å². The lowest BCUT2D eigenvalue weighted by Crippen LogP contribution is -2.25. The van der Waals surface area contributed by atoms with Crippen LogP contribution in [0, 0.1) is 5.92 Å². The Balaban J connectivity index is 2.07. The predicted molar refractivity (Wildman–Crippen MR) is 91.7 cm³/mol. The van der Waals surface area contributed by atoms with Gasteiger partial charge in [-0.1, -0.05) is 44.2 Å². The molecule has 1 amide bonds. The van der Waals surface area contributed by atoms with Crippen LogP contribution in [0.5, 0.6) is 5.75 Å². The average Bonchev–Trinajstić information content (AvgIpc) is 2.55. The van der Waals surface area contributed by atoms with E-state index in [0.29, 0.717) is 5.75 Å². The summed E-state index contributed by atoms with van der Waals surface area (Å²) in [5.74, 6) is 0.654. The average molecular weight is 313 g/mol. The fourth-order valence-electron chi connectivity index (χ4n) is 2.52. The third-order valence-corrected chi connectivity index (χ3v) is 3.59. The zero-order valence-corrected chi connectivity index (χ0v) is 13.5. The molecule has 2 aromatic carbocycles. The molecule has 0 heterocycles. The quantitative estimate of drug-likeness (QED) is 0.823. The maximum absolute atomic E-state index is 12.6. The molecule has 0 radical (unpaired) electrons. The van der Waals surface area contributed by atoms with Crippen molar-refractivity contribution < 1.29 is 14.6 Å². The van der Waals surface area contributed by atoms with Gasteiger partial charge in [-0.05, 0) is 35.7 Å². The highest BCUT2D eigenvalue weighted by atomic mass is 16.5. The van der Waals surface area contributed by atoms with Crippen LogP contribution in [0.2, 0.25) is 0 Å². The van der Waals surface area contributed by atoms with Crippen molar-refractivity contribution >= 4 is 11.6 Å². The number of ether oxygens (including phenoxy) is 1. The minimum atomic E-state index is -0.193. The molecule has 0 bridgehead atoms. The Morgan fingerprint density at radius 1 is 1.09 bits per heavy atom. The van der Waals surface area contributed by atoms with Crippen LogP contribution in [0.1, 0.15) is 25.3 Å². The summed E-state index contributed by atoms with van der Waals surface area (Å²) in [4.78, 5) is 12.6. The van der Waals surface area contributed by atoms with E-state index in [4.69, 9.17) is 9.84 Å². The Morgan fingerprint density at radius 2 is 1.74 bits per heavy atom. The fourth-order valence-corrected chi connectivity index (χ4v) is 2.52. The van der Waals surface area contributed by atoms with Crippen LogP contribution >= 0.6 is 0 Å². The molecular formula is C19H23NO3. The minimum Gasteiger partial charge on any atom is -0.491 e. The molecule has 4 nitrogen and oxygen atoms in total. The van der Waals surface area contributed by atoms with Gasteiger partial charge in [0.1, 0.15) is 12.4 Å². The van der Waals surface area contributed by atoms with Gasteiger partial charge in [0.2, 0.25) is 5.91 Å². The van der Waals surface area contributed by atoms with Crippen LogP contribution in [0.3, 0.4) is 0 Å². The summed E-state index contributed by atoms with van der Waals surface area (Å²) in [5, 5.41) is 11.7. The van der Waals surface area contributed by atoms with Crippen LogP contribution in [0.25, 0.3) is 0 Å². The first-order valence-corrected chi connectivity index (χ1v) is 7.81. The Kier molecular flexibility index (Phi) is 6.18. The van der Waals surface area contributed by atoms with Crippen molar-refractivity contribution in [3.63, 3.8) is 0 Å². The summed E-state index contributed by atoms with van der Waals surface area (Å²) >= 11 is 0. The smallest absolute Gasteiger partial charge is 0.232 e. The summed E-state index contributed by atoms with van der Waals surface area (Å²) in [6.07, 6.45) is 0. The van der Waals surface area contributed by atoms with E-state index in [-0.39, 0.29) is 31.0 Å². The minimum absolute atomic E-state index is 0.0183. The van der Waals surface area contributed by atoms with E-state index in [0.717, 1.165) is 11.3 Å². The van der Waals surface area contributed by atoms with Gasteiger partial charge in [0.15, 0.2) is 0 Å². The number of anilines is 1. The zero-order chi connectivity index (χ0) is 16.7. The molecule has 0 saturated carbocycles. The number of aliphatic hydroxyl groups excluding tert-OH is 1. The van der Waals surface area contributed by atoms with E-state index >= 15 is 0 Å². The summed E-state index contributed by atoms with van der Waals surface area (Å²) in [7, 11) is 0. The summed E-state index contributed by atoms with van der Waals surface area (Å²) in [6, 6.07) is 17.0. The molecule has 122 valence electrons. The molecule has 0 saturated heterocycles. The third kappa shape index (κ3) is 4.83. The van der Waals surface area contributed by atoms with Crippen LogP contribution < -0.4 is 10.1 Å². The first-order valence-electron chi connectivity index (χ1n) is 7.81. The molecule has 0 fully saturated rings. The zero-order valence-electron chi connectivity index (χ0n) is 13.5. The lowest BCUT2D eigenvalue weighted by atomic mass is 9.87. The summed E-state index contributed by atoms with van der Waals surface area (Å²) < 4.78 is 5.31. The molecule has 2 N–H and O–H groups in total. The second-order valence-electron chi connectivity index (χ2n) is 5.72. The second kappa shape index (κ2) is 8.34. The van der Waals surface area contributed by atoms with E-state index < -0.39 is 0 Å². The van der Waals surface area contributed by atoms with E-state index in [2.05, 4.69) is 5.32 Å². The monoisotopic (exact) mass is 313 g/mol. The van der Waals surface area contributed by atoms with Gasteiger partial charge in [-0.3, -0.25) is 4.79 Å². The van der Waals surface area contributed by atoms with Crippen molar-refractivity contribution in [3.8, 4) is 5.75 Å². The van der Waals surface area contributed by atoms with Gasteiger partial charge >= 0.3 is 0 Å². The summed E-state index contributed by atoms with van der Waals surface area (Å²) in [5.41, 5.74) is 1.75. The maximum Gasteiger partial charge on any atom is 0.232 e. The topological polar surface area (TPSA) is 58.6 Å². The van der Waals surface area contributed by atoms with Crippen LogP contribution in [-0.2, 0) is 4.79 Å². The molecule has 0 aliphatic heterocycles. The molecule has 2 aromatic rings. The van der Waals surface area contributed by atoms with Crippen molar-refractivity contribution in [1.29, 1.82) is 0 Å². The van der Waals surface area contributed by atoms with E-state index in [9.17, 15) is 4.79 Å². The van der Waals surface area contributed by atoms with Gasteiger partial charge in [-0.15, -0.1) is 0 Å². The Morgan fingerprint density at radius 3 is 2.30 bits per heavy atom. The highest BCUT2D eigenvalue weighted by Crippen LogP contribution is 2.26. The number of hydrogen-bond acceptors (Lipinski definition) is 3. The van der Waals surface area contributed by atoms with Gasteiger partial charge in [-0.25, -0.2) is 0 Å². The molecule has 0 aromatic heterocycles. The molecule has 0 aliphatic carbocycles. The third-order valence-electron chi connectivity index (χ3n) is 3.59. The maximum atomic E-state index is 12.6. The van der Waals surface area contributed by atoms with Gasteiger partial charge in [0.05, 0.1) is 12.5 Å². The van der Waals surface area contributed by atoms with Crippen LogP contribution in [0.15, 0.2) is 54.6 Å². The largest absolute Gasteiger partial charge is 0.491 e. The van der Waals surface area contributed by atoms with Crippen molar-refractivity contribution in [2.75, 3.05) is 18.5 Å². The summed E-state index contributed by atoms with van der Waals surface area (Å²) in [6.45, 7) is 4.33. The van der Waals surface area contributed by atoms with Crippen LogP contribution in [-0.4, -0.2) is 24.2 Å². The molecule has 1 atom stereocenters. The molecule has 4 heteroatoms. The van der Waals surface area contributed by atoms with Crippen LogP contribution in [0.4, 0.5) is 5.69 Å².